The summed E-state index contributed by atoms with van der Waals surface area (Å²) in [7, 11) is 0. The van der Waals surface area contributed by atoms with Crippen LogP contribution in [0.1, 0.15) is 15.4 Å². The molecule has 144 valence electrons. The fraction of sp³-hybridized carbons (Fsp3) is 0. The number of amides is 1. The minimum Gasteiger partial charge on any atom is -0.455 e. The Kier molecular flexibility index (Phi) is 5.11. The second-order valence-corrected chi connectivity index (χ2v) is 7.52. The van der Waals surface area contributed by atoms with Crippen LogP contribution >= 0.6 is 22.9 Å². The van der Waals surface area contributed by atoms with E-state index in [1.54, 1.807) is 36.4 Å². The molecule has 4 aromatic rings. The summed E-state index contributed by atoms with van der Waals surface area (Å²) < 4.78 is 6.45. The molecule has 0 radical (unpaired) electrons. The monoisotopic (exact) mass is 425 g/mol. The Balaban J connectivity index is 1.45. The topological polar surface area (TPSA) is 97.7 Å². The number of furan rings is 1. The SMILES string of the molecule is O=C(NN=Cc1ccc(-c2cccc(Cl)c2)o1)c1cc2cc([N+](=O)[O-])ccc2s1. The second-order valence-electron chi connectivity index (χ2n) is 6.00. The summed E-state index contributed by atoms with van der Waals surface area (Å²) in [6.07, 6.45) is 1.39. The molecule has 0 aliphatic rings. The highest BCUT2D eigenvalue weighted by atomic mass is 35.5. The summed E-state index contributed by atoms with van der Waals surface area (Å²) >= 11 is 7.21. The van der Waals surface area contributed by atoms with Crippen LogP contribution < -0.4 is 5.43 Å². The molecule has 4 rings (SSSR count). The van der Waals surface area contributed by atoms with Crippen molar-refractivity contribution in [3.8, 4) is 11.3 Å². The van der Waals surface area contributed by atoms with Crippen LogP contribution in [-0.2, 0) is 0 Å². The Hall–Kier alpha value is -3.49. The number of fused-ring (bicyclic) bond motifs is 1. The van der Waals surface area contributed by atoms with Crippen molar-refractivity contribution in [1.29, 1.82) is 0 Å². The van der Waals surface area contributed by atoms with Gasteiger partial charge in [0.25, 0.3) is 11.6 Å². The van der Waals surface area contributed by atoms with Gasteiger partial charge in [0, 0.05) is 32.8 Å². The number of nitro benzene ring substituents is 1. The molecule has 29 heavy (non-hydrogen) atoms. The molecule has 0 atom stereocenters. The number of hydrazone groups is 1. The van der Waals surface area contributed by atoms with Crippen LogP contribution in [0.15, 0.2) is 70.2 Å². The molecule has 2 heterocycles. The molecular weight excluding hydrogens is 414 g/mol. The summed E-state index contributed by atoms with van der Waals surface area (Å²) in [5.41, 5.74) is 3.24. The van der Waals surface area contributed by atoms with Gasteiger partial charge in [-0.05, 0) is 36.4 Å². The minimum absolute atomic E-state index is 0.0198. The van der Waals surface area contributed by atoms with E-state index in [-0.39, 0.29) is 5.69 Å². The number of nitrogens with one attached hydrogen (secondary N) is 1. The molecule has 0 saturated heterocycles. The van der Waals surface area contributed by atoms with Crippen molar-refractivity contribution in [2.75, 3.05) is 0 Å². The smallest absolute Gasteiger partial charge is 0.281 e. The molecule has 0 aliphatic heterocycles. The first-order valence-corrected chi connectivity index (χ1v) is 9.56. The summed E-state index contributed by atoms with van der Waals surface area (Å²) in [4.78, 5) is 23.1. The van der Waals surface area contributed by atoms with Crippen LogP contribution in [0.25, 0.3) is 21.4 Å². The van der Waals surface area contributed by atoms with Gasteiger partial charge >= 0.3 is 0 Å². The lowest BCUT2D eigenvalue weighted by molar-refractivity contribution is -0.384. The molecule has 7 nitrogen and oxygen atoms in total. The van der Waals surface area contributed by atoms with Gasteiger partial charge in [-0.3, -0.25) is 14.9 Å². The molecule has 0 unspecified atom stereocenters. The zero-order chi connectivity index (χ0) is 20.4. The number of rotatable bonds is 5. The van der Waals surface area contributed by atoms with Crippen molar-refractivity contribution >= 4 is 50.8 Å². The van der Waals surface area contributed by atoms with Gasteiger partial charge in [0.2, 0.25) is 0 Å². The van der Waals surface area contributed by atoms with Crippen molar-refractivity contribution in [2.24, 2.45) is 5.10 Å². The number of carbonyl (C=O) groups is 1. The molecule has 0 saturated carbocycles. The number of non-ortho nitro benzene ring substituents is 1. The van der Waals surface area contributed by atoms with Gasteiger partial charge in [-0.15, -0.1) is 11.3 Å². The van der Waals surface area contributed by atoms with Crippen molar-refractivity contribution < 1.29 is 14.1 Å². The molecular formula is C20H12ClN3O4S. The van der Waals surface area contributed by atoms with Crippen LogP contribution in [-0.4, -0.2) is 17.0 Å². The zero-order valence-corrected chi connectivity index (χ0v) is 16.2. The zero-order valence-electron chi connectivity index (χ0n) is 14.7. The van der Waals surface area contributed by atoms with E-state index in [0.29, 0.717) is 26.8 Å². The number of hydrogen-bond acceptors (Lipinski definition) is 6. The third-order valence-corrected chi connectivity index (χ3v) is 5.38. The highest BCUT2D eigenvalue weighted by molar-refractivity contribution is 7.20. The normalized spacial score (nSPS) is 11.2. The number of thiophene rings is 1. The predicted octanol–water partition coefficient (Wildman–Crippen LogP) is 5.49. The first kappa shape index (κ1) is 18.9. The van der Waals surface area contributed by atoms with Crippen LogP contribution in [0.3, 0.4) is 0 Å². The second kappa shape index (κ2) is 7.86. The van der Waals surface area contributed by atoms with E-state index in [2.05, 4.69) is 10.5 Å². The standard InChI is InChI=1S/C20H12ClN3O4S/c21-14-3-1-2-12(8-14)17-6-5-16(28-17)11-22-23-20(25)19-10-13-9-15(24(26)27)4-7-18(13)29-19/h1-11H,(H,23,25). The largest absolute Gasteiger partial charge is 0.455 e. The summed E-state index contributed by atoms with van der Waals surface area (Å²) in [5.74, 6) is 0.686. The minimum atomic E-state index is -0.470. The van der Waals surface area contributed by atoms with E-state index in [1.165, 1.54) is 29.7 Å². The number of hydrogen-bond donors (Lipinski definition) is 1. The van der Waals surface area contributed by atoms with Gasteiger partial charge in [-0.2, -0.15) is 5.10 Å². The Morgan fingerprint density at radius 1 is 1.17 bits per heavy atom. The average molecular weight is 426 g/mol. The first-order valence-electron chi connectivity index (χ1n) is 8.37. The maximum absolute atomic E-state index is 12.3. The summed E-state index contributed by atoms with van der Waals surface area (Å²) in [6, 6.07) is 16.8. The lowest BCUT2D eigenvalue weighted by Crippen LogP contribution is -2.15. The molecule has 1 N–H and O–H groups in total. The maximum Gasteiger partial charge on any atom is 0.281 e. The molecule has 1 amide bonds. The molecule has 2 aromatic carbocycles. The number of carbonyl (C=O) groups excluding carboxylic acids is 1. The van der Waals surface area contributed by atoms with Gasteiger partial charge < -0.3 is 4.42 Å². The van der Waals surface area contributed by atoms with Crippen LogP contribution in [0.2, 0.25) is 5.02 Å². The number of benzene rings is 2. The molecule has 2 aromatic heterocycles. The fourth-order valence-electron chi connectivity index (χ4n) is 2.68. The van der Waals surface area contributed by atoms with Gasteiger partial charge in [-0.1, -0.05) is 23.7 Å². The van der Waals surface area contributed by atoms with E-state index >= 15 is 0 Å². The van der Waals surface area contributed by atoms with Crippen molar-refractivity contribution in [3.05, 3.63) is 86.4 Å². The molecule has 0 spiro atoms. The summed E-state index contributed by atoms with van der Waals surface area (Å²) in [6.45, 7) is 0. The van der Waals surface area contributed by atoms with Gasteiger partial charge in [-0.25, -0.2) is 5.43 Å². The third-order valence-electron chi connectivity index (χ3n) is 4.03. The van der Waals surface area contributed by atoms with E-state index < -0.39 is 10.8 Å². The summed E-state index contributed by atoms with van der Waals surface area (Å²) in [5, 5.41) is 16.0. The average Bonchev–Trinajstić information content (AvgIpc) is 3.34. The lowest BCUT2D eigenvalue weighted by Gasteiger charge is -1.97. The van der Waals surface area contributed by atoms with E-state index in [1.807, 2.05) is 12.1 Å². The Bertz CT molecular complexity index is 1260. The Morgan fingerprint density at radius 3 is 2.83 bits per heavy atom. The molecule has 9 heteroatoms. The van der Waals surface area contributed by atoms with Crippen LogP contribution in [0.5, 0.6) is 0 Å². The molecule has 0 aliphatic carbocycles. The highest BCUT2D eigenvalue weighted by Crippen LogP contribution is 2.29. The quantitative estimate of drug-likeness (QED) is 0.260. The van der Waals surface area contributed by atoms with Gasteiger partial charge in [0.15, 0.2) is 0 Å². The first-order chi connectivity index (χ1) is 14.0. The highest BCUT2D eigenvalue weighted by Gasteiger charge is 2.13. The van der Waals surface area contributed by atoms with E-state index in [9.17, 15) is 14.9 Å². The molecule has 0 fully saturated rings. The van der Waals surface area contributed by atoms with Crippen LogP contribution in [0.4, 0.5) is 5.69 Å². The van der Waals surface area contributed by atoms with Gasteiger partial charge in [0.1, 0.15) is 11.5 Å². The number of halogens is 1. The van der Waals surface area contributed by atoms with Gasteiger partial charge in [0.05, 0.1) is 16.0 Å². The van der Waals surface area contributed by atoms with Crippen molar-refractivity contribution in [1.82, 2.24) is 5.43 Å². The molecule has 0 bridgehead atoms. The number of nitrogens with zero attached hydrogens (tertiary/aromatic N) is 2. The Labute approximate surface area is 173 Å². The maximum atomic E-state index is 12.3. The fourth-order valence-corrected chi connectivity index (χ4v) is 3.81. The third kappa shape index (κ3) is 4.18. The van der Waals surface area contributed by atoms with E-state index in [0.717, 1.165) is 10.3 Å². The van der Waals surface area contributed by atoms with E-state index in [4.69, 9.17) is 16.0 Å². The number of nitro groups is 1. The Morgan fingerprint density at radius 2 is 2.03 bits per heavy atom. The predicted molar refractivity (Wildman–Crippen MR) is 113 cm³/mol. The van der Waals surface area contributed by atoms with Crippen molar-refractivity contribution in [3.63, 3.8) is 0 Å². The van der Waals surface area contributed by atoms with Crippen molar-refractivity contribution in [2.45, 2.75) is 0 Å². The van der Waals surface area contributed by atoms with Crippen LogP contribution in [0, 0.1) is 10.1 Å². The lowest BCUT2D eigenvalue weighted by atomic mass is 10.2.